The van der Waals surface area contributed by atoms with Gasteiger partial charge in [-0.3, -0.25) is 14.2 Å². The zero-order valence-corrected chi connectivity index (χ0v) is 18.4. The van der Waals surface area contributed by atoms with Crippen molar-refractivity contribution >= 4 is 5.91 Å². The Balaban J connectivity index is 1.33. The summed E-state index contributed by atoms with van der Waals surface area (Å²) in [7, 11) is 0. The van der Waals surface area contributed by atoms with Gasteiger partial charge in [0.1, 0.15) is 12.3 Å². The van der Waals surface area contributed by atoms with Gasteiger partial charge >= 0.3 is 0 Å². The van der Waals surface area contributed by atoms with Crippen LogP contribution in [0.4, 0.5) is 0 Å². The van der Waals surface area contributed by atoms with Crippen LogP contribution in [0.2, 0.25) is 0 Å². The number of ether oxygens (including phenoxy) is 1. The molecule has 2 aromatic carbocycles. The van der Waals surface area contributed by atoms with Crippen molar-refractivity contribution in [3.63, 3.8) is 0 Å². The summed E-state index contributed by atoms with van der Waals surface area (Å²) in [5.41, 5.74) is 2.55. The van der Waals surface area contributed by atoms with Crippen molar-refractivity contribution in [2.45, 2.75) is 32.7 Å². The highest BCUT2D eigenvalue weighted by Crippen LogP contribution is 2.22. The van der Waals surface area contributed by atoms with Crippen molar-refractivity contribution in [3.05, 3.63) is 82.9 Å². The van der Waals surface area contributed by atoms with Gasteiger partial charge in [0.15, 0.2) is 0 Å². The van der Waals surface area contributed by atoms with Crippen LogP contribution in [0.3, 0.4) is 0 Å². The molecule has 0 atom stereocenters. The maximum absolute atomic E-state index is 12.8. The third-order valence-electron chi connectivity index (χ3n) is 5.98. The average molecular weight is 432 g/mol. The Morgan fingerprint density at radius 3 is 2.44 bits per heavy atom. The molecule has 0 N–H and O–H groups in total. The molecule has 0 saturated carbocycles. The van der Waals surface area contributed by atoms with Crippen molar-refractivity contribution < 1.29 is 9.53 Å². The average Bonchev–Trinajstić information content (AvgIpc) is 2.82. The van der Waals surface area contributed by atoms with Crippen molar-refractivity contribution in [2.24, 2.45) is 5.92 Å². The normalized spacial score (nSPS) is 14.3. The molecule has 2 heterocycles. The molecule has 0 spiro atoms. The minimum atomic E-state index is -0.226. The maximum atomic E-state index is 12.8. The molecule has 1 saturated heterocycles. The van der Waals surface area contributed by atoms with Gasteiger partial charge in [-0.25, -0.2) is 4.98 Å². The highest BCUT2D eigenvalue weighted by Gasteiger charge is 2.23. The second-order valence-electron chi connectivity index (χ2n) is 8.21. The highest BCUT2D eigenvalue weighted by atomic mass is 16.5. The van der Waals surface area contributed by atoms with E-state index >= 15 is 0 Å². The van der Waals surface area contributed by atoms with Crippen molar-refractivity contribution in [3.8, 4) is 17.0 Å². The van der Waals surface area contributed by atoms with Crippen LogP contribution in [0.25, 0.3) is 11.3 Å². The monoisotopic (exact) mass is 431 g/mol. The SMILES string of the molecule is CCOc1ccc(-c2cc(=O)n(CC(=O)N3CCC(Cc4ccccc4)CC3)cn2)cc1. The summed E-state index contributed by atoms with van der Waals surface area (Å²) in [6.45, 7) is 4.04. The lowest BCUT2D eigenvalue weighted by Gasteiger charge is -2.32. The second kappa shape index (κ2) is 10.3. The predicted molar refractivity (Wildman–Crippen MR) is 125 cm³/mol. The Bertz CT molecular complexity index is 1090. The minimum absolute atomic E-state index is 0.0265. The van der Waals surface area contributed by atoms with E-state index < -0.39 is 0 Å². The number of carbonyl (C=O) groups is 1. The van der Waals surface area contributed by atoms with Crippen LogP contribution in [0.5, 0.6) is 5.75 Å². The number of piperidine rings is 1. The number of hydrogen-bond donors (Lipinski definition) is 0. The van der Waals surface area contributed by atoms with E-state index in [4.69, 9.17) is 4.74 Å². The third-order valence-corrected chi connectivity index (χ3v) is 5.98. The maximum Gasteiger partial charge on any atom is 0.254 e. The quantitative estimate of drug-likeness (QED) is 0.571. The van der Waals surface area contributed by atoms with Crippen LogP contribution in [0, 0.1) is 5.92 Å². The first-order chi connectivity index (χ1) is 15.6. The second-order valence-corrected chi connectivity index (χ2v) is 8.21. The van der Waals surface area contributed by atoms with Crippen molar-refractivity contribution in [1.29, 1.82) is 0 Å². The van der Waals surface area contributed by atoms with E-state index in [-0.39, 0.29) is 18.0 Å². The topological polar surface area (TPSA) is 64.4 Å². The van der Waals surface area contributed by atoms with Gasteiger partial charge in [0, 0.05) is 24.7 Å². The van der Waals surface area contributed by atoms with E-state index in [9.17, 15) is 9.59 Å². The summed E-state index contributed by atoms with van der Waals surface area (Å²) in [6.07, 6.45) is 4.50. The largest absolute Gasteiger partial charge is 0.494 e. The van der Waals surface area contributed by atoms with E-state index in [1.165, 1.54) is 22.5 Å². The zero-order valence-electron chi connectivity index (χ0n) is 18.4. The first kappa shape index (κ1) is 21.8. The van der Waals surface area contributed by atoms with Gasteiger partial charge in [-0.2, -0.15) is 0 Å². The molecule has 1 aromatic heterocycles. The van der Waals surface area contributed by atoms with Gasteiger partial charge in [0.2, 0.25) is 5.91 Å². The molecule has 0 bridgehead atoms. The highest BCUT2D eigenvalue weighted by molar-refractivity contribution is 5.76. The van der Waals surface area contributed by atoms with Crippen LogP contribution in [-0.2, 0) is 17.8 Å². The summed E-state index contributed by atoms with van der Waals surface area (Å²) in [6, 6.07) is 19.4. The minimum Gasteiger partial charge on any atom is -0.494 e. The van der Waals surface area contributed by atoms with Crippen LogP contribution in [-0.4, -0.2) is 40.1 Å². The van der Waals surface area contributed by atoms with Gasteiger partial charge in [-0.05, 0) is 61.9 Å². The summed E-state index contributed by atoms with van der Waals surface area (Å²) >= 11 is 0. The first-order valence-electron chi connectivity index (χ1n) is 11.2. The smallest absolute Gasteiger partial charge is 0.254 e. The van der Waals surface area contributed by atoms with Crippen LogP contribution < -0.4 is 10.3 Å². The van der Waals surface area contributed by atoms with Crippen LogP contribution >= 0.6 is 0 Å². The zero-order chi connectivity index (χ0) is 22.3. The molecule has 32 heavy (non-hydrogen) atoms. The fourth-order valence-electron chi connectivity index (χ4n) is 4.17. The van der Waals surface area contributed by atoms with Gasteiger partial charge in [-0.15, -0.1) is 0 Å². The molecule has 0 unspecified atom stereocenters. The van der Waals surface area contributed by atoms with E-state index in [1.54, 1.807) is 0 Å². The number of rotatable bonds is 7. The molecule has 3 aromatic rings. The summed E-state index contributed by atoms with van der Waals surface area (Å²) in [4.78, 5) is 31.6. The van der Waals surface area contributed by atoms with Crippen LogP contribution in [0.1, 0.15) is 25.3 Å². The lowest BCUT2D eigenvalue weighted by molar-refractivity contribution is -0.133. The first-order valence-corrected chi connectivity index (χ1v) is 11.2. The van der Waals surface area contributed by atoms with Gasteiger partial charge in [-0.1, -0.05) is 30.3 Å². The molecule has 4 rings (SSSR count). The number of benzene rings is 2. The van der Waals surface area contributed by atoms with E-state index in [0.29, 0.717) is 18.2 Å². The number of likely N-dealkylation sites (tertiary alicyclic amines) is 1. The Morgan fingerprint density at radius 1 is 1.06 bits per heavy atom. The third kappa shape index (κ3) is 5.44. The van der Waals surface area contributed by atoms with Crippen LogP contribution in [0.15, 0.2) is 71.8 Å². The van der Waals surface area contributed by atoms with Gasteiger partial charge in [0.25, 0.3) is 5.56 Å². The molecule has 0 radical (unpaired) electrons. The van der Waals surface area contributed by atoms with Gasteiger partial charge in [0.05, 0.1) is 18.6 Å². The molecular formula is C26H29N3O3. The number of nitrogens with zero attached hydrogens (tertiary/aromatic N) is 3. The molecule has 1 aliphatic rings. The number of aromatic nitrogens is 2. The van der Waals surface area contributed by atoms with E-state index in [1.807, 2.05) is 42.2 Å². The molecule has 6 nitrogen and oxygen atoms in total. The Hall–Kier alpha value is -3.41. The lowest BCUT2D eigenvalue weighted by Crippen LogP contribution is -2.41. The van der Waals surface area contributed by atoms with Crippen molar-refractivity contribution in [2.75, 3.05) is 19.7 Å². The molecule has 1 fully saturated rings. The lowest BCUT2D eigenvalue weighted by atomic mass is 9.90. The molecule has 0 aliphatic carbocycles. The van der Waals surface area contributed by atoms with E-state index in [0.717, 1.165) is 43.7 Å². The molecule has 1 aliphatic heterocycles. The number of hydrogen-bond acceptors (Lipinski definition) is 4. The number of carbonyl (C=O) groups excluding carboxylic acids is 1. The number of amides is 1. The van der Waals surface area contributed by atoms with E-state index in [2.05, 4.69) is 29.2 Å². The fraction of sp³-hybridized carbons (Fsp3) is 0.346. The Morgan fingerprint density at radius 2 is 1.78 bits per heavy atom. The molecule has 6 heteroatoms. The van der Waals surface area contributed by atoms with Gasteiger partial charge < -0.3 is 9.64 Å². The molecular weight excluding hydrogens is 402 g/mol. The summed E-state index contributed by atoms with van der Waals surface area (Å²) in [5.74, 6) is 1.35. The fourth-order valence-corrected chi connectivity index (χ4v) is 4.17. The molecule has 166 valence electrons. The standard InChI is InChI=1S/C26H29N3O3/c1-2-32-23-10-8-22(9-11-23)24-17-25(30)29(19-27-24)18-26(31)28-14-12-21(13-15-28)16-20-6-4-3-5-7-20/h3-11,17,19,21H,2,12-16,18H2,1H3. The Labute approximate surface area is 188 Å². The summed E-state index contributed by atoms with van der Waals surface area (Å²) < 4.78 is 6.83. The molecule has 1 amide bonds. The Kier molecular flexibility index (Phi) is 7.00. The predicted octanol–water partition coefficient (Wildman–Crippen LogP) is 3.79. The van der Waals surface area contributed by atoms with Crippen molar-refractivity contribution in [1.82, 2.24) is 14.5 Å². The summed E-state index contributed by atoms with van der Waals surface area (Å²) in [5, 5.41) is 0.